The molecule has 0 unspecified atom stereocenters. The van der Waals surface area contributed by atoms with Crippen LogP contribution in [0, 0.1) is 0 Å². The van der Waals surface area contributed by atoms with Gasteiger partial charge in [0.2, 0.25) is 0 Å². The first-order valence-electron chi connectivity index (χ1n) is 5.76. The number of carboxylic acid groups (broad SMARTS) is 1. The molecule has 0 saturated heterocycles. The average Bonchev–Trinajstić information content (AvgIpc) is 2.38. The lowest BCUT2D eigenvalue weighted by atomic mass is 10.1. The number of hydrogen-bond donors (Lipinski definition) is 1. The van der Waals surface area contributed by atoms with Gasteiger partial charge < -0.3 is 14.6 Å². The molecule has 0 fully saturated rings. The number of ether oxygens (including phenoxy) is 2. The smallest absolute Gasteiger partial charge is 0.331 e. The van der Waals surface area contributed by atoms with Crippen LogP contribution in [0.1, 0.15) is 18.9 Å². The van der Waals surface area contributed by atoms with Crippen LogP contribution in [0.15, 0.2) is 29.8 Å². The fraction of sp³-hybridized carbons (Fsp3) is 0.357. The molecular weight excluding hydrogens is 232 g/mol. The maximum atomic E-state index is 10.9. The van der Waals surface area contributed by atoms with Crippen molar-refractivity contribution in [3.63, 3.8) is 0 Å². The van der Waals surface area contributed by atoms with Gasteiger partial charge in [-0.15, -0.1) is 0 Å². The van der Waals surface area contributed by atoms with E-state index in [4.69, 9.17) is 14.6 Å². The van der Waals surface area contributed by atoms with Gasteiger partial charge in [-0.2, -0.15) is 0 Å². The number of aliphatic carboxylic acids is 1. The highest BCUT2D eigenvalue weighted by atomic mass is 16.5. The van der Waals surface area contributed by atoms with Gasteiger partial charge in [0.05, 0.1) is 14.2 Å². The summed E-state index contributed by atoms with van der Waals surface area (Å²) in [4.78, 5) is 10.9. The molecule has 1 N–H and O–H groups in total. The van der Waals surface area contributed by atoms with Crippen LogP contribution in [0.3, 0.4) is 0 Å². The lowest BCUT2D eigenvalue weighted by Crippen LogP contribution is -2.01. The highest BCUT2D eigenvalue weighted by Crippen LogP contribution is 2.29. The highest BCUT2D eigenvalue weighted by molar-refractivity contribution is 5.86. The quantitative estimate of drug-likeness (QED) is 0.789. The van der Waals surface area contributed by atoms with Gasteiger partial charge in [0.15, 0.2) is 0 Å². The molecule has 0 radical (unpaired) electrons. The zero-order valence-corrected chi connectivity index (χ0v) is 10.9. The second-order valence-corrected chi connectivity index (χ2v) is 3.73. The Morgan fingerprint density at radius 3 is 2.22 bits per heavy atom. The molecule has 0 aromatic heterocycles. The van der Waals surface area contributed by atoms with E-state index >= 15 is 0 Å². The summed E-state index contributed by atoms with van der Waals surface area (Å²) in [7, 11) is 3.17. The van der Waals surface area contributed by atoms with E-state index in [1.54, 1.807) is 20.3 Å². The molecule has 1 aromatic rings. The third kappa shape index (κ3) is 3.26. The molecule has 1 rings (SSSR count). The summed E-state index contributed by atoms with van der Waals surface area (Å²) in [6.45, 7) is 1.82. The van der Waals surface area contributed by atoms with Crippen LogP contribution in [0.4, 0.5) is 0 Å². The first-order valence-corrected chi connectivity index (χ1v) is 5.76. The van der Waals surface area contributed by atoms with Crippen molar-refractivity contribution in [3.8, 4) is 11.5 Å². The summed E-state index contributed by atoms with van der Waals surface area (Å²) in [5.74, 6) is 0.518. The summed E-state index contributed by atoms with van der Waals surface area (Å²) < 4.78 is 10.5. The normalized spacial score (nSPS) is 11.2. The molecule has 0 atom stereocenters. The Bertz CT molecular complexity index is 427. The molecule has 98 valence electrons. The van der Waals surface area contributed by atoms with Crippen LogP contribution >= 0.6 is 0 Å². The van der Waals surface area contributed by atoms with Crippen molar-refractivity contribution in [2.24, 2.45) is 0 Å². The number of benzene rings is 1. The zero-order chi connectivity index (χ0) is 13.5. The maximum Gasteiger partial charge on any atom is 0.331 e. The SMILES string of the molecule is CCC(=CCc1c(OC)cccc1OC)C(=O)O. The second-order valence-electron chi connectivity index (χ2n) is 3.73. The summed E-state index contributed by atoms with van der Waals surface area (Å²) in [6.07, 6.45) is 2.66. The van der Waals surface area contributed by atoms with E-state index in [1.807, 2.05) is 25.1 Å². The third-order valence-electron chi connectivity index (χ3n) is 2.74. The molecule has 1 aromatic carbocycles. The van der Waals surface area contributed by atoms with Gasteiger partial charge in [-0.3, -0.25) is 0 Å². The first kappa shape index (κ1) is 14.1. The van der Waals surface area contributed by atoms with E-state index in [1.165, 1.54) is 0 Å². The van der Waals surface area contributed by atoms with Crippen molar-refractivity contribution in [1.82, 2.24) is 0 Å². The van der Waals surface area contributed by atoms with Crippen molar-refractivity contribution < 1.29 is 19.4 Å². The summed E-state index contributed by atoms with van der Waals surface area (Å²) in [5, 5.41) is 8.97. The minimum absolute atomic E-state index is 0.392. The van der Waals surface area contributed by atoms with Crippen molar-refractivity contribution >= 4 is 5.97 Å². The van der Waals surface area contributed by atoms with Crippen molar-refractivity contribution in [3.05, 3.63) is 35.4 Å². The zero-order valence-electron chi connectivity index (χ0n) is 10.9. The lowest BCUT2D eigenvalue weighted by Gasteiger charge is -2.11. The van der Waals surface area contributed by atoms with Crippen LogP contribution in [0.5, 0.6) is 11.5 Å². The van der Waals surface area contributed by atoms with Gasteiger partial charge in [-0.05, 0) is 25.0 Å². The molecule has 0 bridgehead atoms. The summed E-state index contributed by atoms with van der Waals surface area (Å²) in [6, 6.07) is 5.50. The predicted molar refractivity (Wildman–Crippen MR) is 69.3 cm³/mol. The van der Waals surface area contributed by atoms with Gasteiger partial charge in [-0.25, -0.2) is 4.79 Å². The van der Waals surface area contributed by atoms with Crippen LogP contribution in [0.2, 0.25) is 0 Å². The monoisotopic (exact) mass is 250 g/mol. The van der Waals surface area contributed by atoms with Crippen LogP contribution in [0.25, 0.3) is 0 Å². The van der Waals surface area contributed by atoms with E-state index in [2.05, 4.69) is 0 Å². The van der Waals surface area contributed by atoms with Crippen LogP contribution in [-0.4, -0.2) is 25.3 Å². The van der Waals surface area contributed by atoms with Gasteiger partial charge in [0.1, 0.15) is 11.5 Å². The fourth-order valence-corrected chi connectivity index (χ4v) is 1.74. The standard InChI is InChI=1S/C14H18O4/c1-4-10(14(15)16)8-9-11-12(17-2)6-5-7-13(11)18-3/h5-8H,4,9H2,1-3H3,(H,15,16). The van der Waals surface area contributed by atoms with Crippen LogP contribution < -0.4 is 9.47 Å². The molecule has 0 aliphatic heterocycles. The highest BCUT2D eigenvalue weighted by Gasteiger charge is 2.10. The van der Waals surface area contributed by atoms with Crippen molar-refractivity contribution in [2.75, 3.05) is 14.2 Å². The Hall–Kier alpha value is -1.97. The Labute approximate surface area is 107 Å². The minimum atomic E-state index is -0.883. The summed E-state index contributed by atoms with van der Waals surface area (Å²) >= 11 is 0. The first-order chi connectivity index (χ1) is 8.63. The topological polar surface area (TPSA) is 55.8 Å². The van der Waals surface area contributed by atoms with Crippen molar-refractivity contribution in [2.45, 2.75) is 19.8 Å². The second kappa shape index (κ2) is 6.69. The van der Waals surface area contributed by atoms with E-state index in [-0.39, 0.29) is 0 Å². The largest absolute Gasteiger partial charge is 0.496 e. The number of rotatable bonds is 6. The molecule has 18 heavy (non-hydrogen) atoms. The lowest BCUT2D eigenvalue weighted by molar-refractivity contribution is -0.132. The molecule has 0 saturated carbocycles. The molecule has 0 aliphatic carbocycles. The number of allylic oxidation sites excluding steroid dienone is 1. The number of carbonyl (C=O) groups is 1. The Morgan fingerprint density at radius 2 is 1.83 bits per heavy atom. The Kier molecular flexibility index (Phi) is 5.24. The predicted octanol–water partition coefficient (Wildman–Crippen LogP) is 2.67. The maximum absolute atomic E-state index is 10.9. The van der Waals surface area contributed by atoms with Gasteiger partial charge in [0, 0.05) is 11.1 Å². The Balaban J connectivity index is 3.06. The van der Waals surface area contributed by atoms with Crippen molar-refractivity contribution in [1.29, 1.82) is 0 Å². The van der Waals surface area contributed by atoms with Gasteiger partial charge in [-0.1, -0.05) is 19.1 Å². The molecule has 0 aliphatic rings. The molecule has 4 heteroatoms. The third-order valence-corrected chi connectivity index (χ3v) is 2.74. The average molecular weight is 250 g/mol. The van der Waals surface area contributed by atoms with Gasteiger partial charge >= 0.3 is 5.97 Å². The molecular formula is C14H18O4. The van der Waals surface area contributed by atoms with Crippen LogP contribution in [-0.2, 0) is 11.2 Å². The molecule has 0 spiro atoms. The molecule has 0 amide bonds. The number of carboxylic acids is 1. The van der Waals surface area contributed by atoms with E-state index < -0.39 is 5.97 Å². The number of methoxy groups -OCH3 is 2. The fourth-order valence-electron chi connectivity index (χ4n) is 1.74. The van der Waals surface area contributed by atoms with E-state index in [0.29, 0.717) is 29.9 Å². The molecule has 0 heterocycles. The number of hydrogen-bond acceptors (Lipinski definition) is 3. The van der Waals surface area contributed by atoms with Gasteiger partial charge in [0.25, 0.3) is 0 Å². The Morgan fingerprint density at radius 1 is 1.28 bits per heavy atom. The summed E-state index contributed by atoms with van der Waals surface area (Å²) in [5.41, 5.74) is 1.25. The van der Waals surface area contributed by atoms with E-state index in [9.17, 15) is 4.79 Å². The van der Waals surface area contributed by atoms with E-state index in [0.717, 1.165) is 5.56 Å². The minimum Gasteiger partial charge on any atom is -0.496 e. The molecule has 4 nitrogen and oxygen atoms in total.